The van der Waals surface area contributed by atoms with Crippen molar-refractivity contribution in [3.8, 4) is 44.5 Å². The molecule has 0 amide bonds. The van der Waals surface area contributed by atoms with E-state index in [1.807, 2.05) is 11.8 Å². The highest BCUT2D eigenvalue weighted by Gasteiger charge is 2.33. The van der Waals surface area contributed by atoms with E-state index in [2.05, 4.69) is 230 Å². The van der Waals surface area contributed by atoms with E-state index in [1.54, 1.807) is 0 Å². The Labute approximate surface area is 383 Å². The van der Waals surface area contributed by atoms with Crippen molar-refractivity contribution < 1.29 is 0 Å². The van der Waals surface area contributed by atoms with Crippen LogP contribution in [-0.4, -0.2) is 7.05 Å². The molecule has 1 nitrogen and oxygen atoms in total. The number of nitrogens with zero attached hydrogens (tertiary/aromatic N) is 1. The maximum absolute atomic E-state index is 2.45. The van der Waals surface area contributed by atoms with E-state index in [-0.39, 0.29) is 11.8 Å². The molecule has 2 atom stereocenters. The fraction of sp³-hybridized carbons (Fsp3) is 0.0476. The normalized spacial score (nSPS) is 15.4. The Morgan fingerprint density at radius 3 is 1.82 bits per heavy atom. The molecular formula is C63H41NS. The van der Waals surface area contributed by atoms with Gasteiger partial charge in [-0.1, -0.05) is 188 Å². The number of anilines is 2. The van der Waals surface area contributed by atoms with Crippen LogP contribution >= 0.6 is 11.8 Å². The first-order valence-electron chi connectivity index (χ1n) is 22.7. The highest BCUT2D eigenvalue weighted by Crippen LogP contribution is 2.54. The van der Waals surface area contributed by atoms with Crippen molar-refractivity contribution in [3.63, 3.8) is 0 Å². The van der Waals surface area contributed by atoms with Gasteiger partial charge in [-0.05, 0) is 153 Å². The average Bonchev–Trinajstić information content (AvgIpc) is 3.88. The van der Waals surface area contributed by atoms with Gasteiger partial charge < -0.3 is 4.90 Å². The lowest BCUT2D eigenvalue weighted by molar-refractivity contribution is 1.02. The Balaban J connectivity index is 0.818. The zero-order chi connectivity index (χ0) is 42.8. The van der Waals surface area contributed by atoms with E-state index >= 15 is 0 Å². The van der Waals surface area contributed by atoms with Crippen molar-refractivity contribution in [3.05, 3.63) is 252 Å². The summed E-state index contributed by atoms with van der Waals surface area (Å²) in [5.41, 5.74) is 21.1. The summed E-state index contributed by atoms with van der Waals surface area (Å²) >= 11 is 1.88. The number of rotatable bonds is 4. The van der Waals surface area contributed by atoms with Crippen molar-refractivity contribution in [2.75, 3.05) is 11.9 Å². The molecule has 1 heterocycles. The van der Waals surface area contributed by atoms with Gasteiger partial charge in [-0.2, -0.15) is 0 Å². The smallest absolute Gasteiger partial charge is 0.0550 e. The quantitative estimate of drug-likeness (QED) is 0.162. The Kier molecular flexibility index (Phi) is 8.03. The van der Waals surface area contributed by atoms with Crippen LogP contribution in [0.25, 0.3) is 76.8 Å². The second kappa shape index (κ2) is 14.2. The van der Waals surface area contributed by atoms with E-state index in [9.17, 15) is 0 Å². The van der Waals surface area contributed by atoms with E-state index in [1.165, 1.54) is 131 Å². The third-order valence-corrected chi connectivity index (χ3v) is 15.7. The van der Waals surface area contributed by atoms with Crippen molar-refractivity contribution in [2.24, 2.45) is 0 Å². The molecule has 0 saturated heterocycles. The Bertz CT molecular complexity index is 3780. The van der Waals surface area contributed by atoms with Crippen LogP contribution in [0.3, 0.4) is 0 Å². The summed E-state index contributed by atoms with van der Waals surface area (Å²) in [6.45, 7) is 0. The molecule has 304 valence electrons. The van der Waals surface area contributed by atoms with Crippen LogP contribution in [0.4, 0.5) is 11.4 Å². The molecule has 0 radical (unpaired) electrons. The van der Waals surface area contributed by atoms with E-state index in [0.717, 1.165) is 0 Å². The molecule has 11 aromatic rings. The van der Waals surface area contributed by atoms with Crippen molar-refractivity contribution in [2.45, 2.75) is 21.6 Å². The van der Waals surface area contributed by atoms with Gasteiger partial charge in [0, 0.05) is 28.7 Å². The maximum atomic E-state index is 2.45. The summed E-state index contributed by atoms with van der Waals surface area (Å²) in [6.07, 6.45) is 0. The minimum atomic E-state index is 0.161. The third-order valence-electron chi connectivity index (χ3n) is 14.6. The predicted octanol–water partition coefficient (Wildman–Crippen LogP) is 17.0. The van der Waals surface area contributed by atoms with Gasteiger partial charge in [-0.3, -0.25) is 0 Å². The fourth-order valence-electron chi connectivity index (χ4n) is 11.5. The predicted molar refractivity (Wildman–Crippen MR) is 274 cm³/mol. The molecular weight excluding hydrogens is 803 g/mol. The monoisotopic (exact) mass is 843 g/mol. The highest BCUT2D eigenvalue weighted by atomic mass is 32.2. The molecule has 2 unspecified atom stereocenters. The number of hydrogen-bond donors (Lipinski definition) is 0. The summed E-state index contributed by atoms with van der Waals surface area (Å²) < 4.78 is 0. The van der Waals surface area contributed by atoms with Gasteiger partial charge in [0.05, 0.1) is 11.4 Å². The molecule has 1 aliphatic heterocycles. The minimum absolute atomic E-state index is 0.161. The number of hydrogen-bond acceptors (Lipinski definition) is 2. The lowest BCUT2D eigenvalue weighted by atomic mass is 9.86. The minimum Gasteiger partial charge on any atom is -0.343 e. The van der Waals surface area contributed by atoms with Gasteiger partial charge in [-0.25, -0.2) is 0 Å². The summed E-state index contributed by atoms with van der Waals surface area (Å²) in [5.74, 6) is 0.405. The lowest BCUT2D eigenvalue weighted by Crippen LogP contribution is -2.14. The Hall–Kier alpha value is -7.65. The van der Waals surface area contributed by atoms with Gasteiger partial charge >= 0.3 is 0 Å². The molecule has 11 aromatic carbocycles. The first-order chi connectivity index (χ1) is 32.1. The van der Waals surface area contributed by atoms with E-state index in [0.29, 0.717) is 0 Å². The molecule has 0 spiro atoms. The van der Waals surface area contributed by atoms with Gasteiger partial charge in [0.1, 0.15) is 0 Å². The highest BCUT2D eigenvalue weighted by molar-refractivity contribution is 7.99. The molecule has 0 N–H and O–H groups in total. The van der Waals surface area contributed by atoms with Crippen LogP contribution in [0.1, 0.15) is 45.2 Å². The number of benzene rings is 11. The number of fused-ring (bicyclic) bond motifs is 12. The summed E-state index contributed by atoms with van der Waals surface area (Å²) in [5, 5.41) is 7.74. The van der Waals surface area contributed by atoms with Crippen molar-refractivity contribution in [1.29, 1.82) is 0 Å². The van der Waals surface area contributed by atoms with Gasteiger partial charge in [-0.15, -0.1) is 0 Å². The molecule has 2 heteroatoms. The first-order valence-corrected chi connectivity index (χ1v) is 23.5. The molecule has 3 aliphatic rings. The zero-order valence-electron chi connectivity index (χ0n) is 35.8. The van der Waals surface area contributed by atoms with Gasteiger partial charge in [0.25, 0.3) is 0 Å². The second-order valence-electron chi connectivity index (χ2n) is 18.0. The topological polar surface area (TPSA) is 3.24 Å². The lowest BCUT2D eigenvalue weighted by Gasteiger charge is -2.30. The molecule has 0 saturated carbocycles. The van der Waals surface area contributed by atoms with Crippen molar-refractivity contribution >= 4 is 55.5 Å². The Morgan fingerprint density at radius 1 is 0.338 bits per heavy atom. The molecule has 0 bridgehead atoms. The van der Waals surface area contributed by atoms with E-state index < -0.39 is 0 Å². The van der Waals surface area contributed by atoms with Crippen LogP contribution in [0.5, 0.6) is 0 Å². The van der Waals surface area contributed by atoms with Crippen LogP contribution < -0.4 is 4.90 Å². The average molecular weight is 844 g/mol. The van der Waals surface area contributed by atoms with E-state index in [4.69, 9.17) is 0 Å². The maximum Gasteiger partial charge on any atom is 0.0550 e. The molecule has 0 fully saturated rings. The summed E-state index contributed by atoms with van der Waals surface area (Å²) in [7, 11) is 2.20. The summed E-state index contributed by atoms with van der Waals surface area (Å²) in [4.78, 5) is 4.91. The van der Waals surface area contributed by atoms with Gasteiger partial charge in [0.2, 0.25) is 0 Å². The summed E-state index contributed by atoms with van der Waals surface area (Å²) in [6, 6.07) is 82.3. The van der Waals surface area contributed by atoms with Crippen LogP contribution in [-0.2, 0) is 0 Å². The second-order valence-corrected chi connectivity index (χ2v) is 19.1. The molecule has 2 aliphatic carbocycles. The van der Waals surface area contributed by atoms with Crippen LogP contribution in [0, 0.1) is 0 Å². The van der Waals surface area contributed by atoms with Crippen molar-refractivity contribution in [1.82, 2.24) is 0 Å². The van der Waals surface area contributed by atoms with Crippen LogP contribution in [0.15, 0.2) is 228 Å². The van der Waals surface area contributed by atoms with Crippen LogP contribution in [0.2, 0.25) is 0 Å². The molecule has 14 rings (SSSR count). The fourth-order valence-corrected chi connectivity index (χ4v) is 12.8. The molecule has 0 aromatic heterocycles. The SMILES string of the molecule is CN1c2ccc(-c3ccc4c(c3)-c3ccccc3C4c3ccc4cc5c6c(ccc5cc4c3)C(c3ccccc3)c3ccccc3-6)cc2Sc2cc(-c3cccc4ccccc34)ccc21. The van der Waals surface area contributed by atoms with Gasteiger partial charge in [0.15, 0.2) is 0 Å². The largest absolute Gasteiger partial charge is 0.343 e. The zero-order valence-corrected chi connectivity index (χ0v) is 36.6. The molecule has 65 heavy (non-hydrogen) atoms. The third kappa shape index (κ3) is 5.60. The standard InChI is InChI=1S/C63H41NS/c1-64-57-30-26-42(36-59(57)65-60-37-44(27-31-58(60)64)48-21-11-15-38-12-5-6-16-47(38)48)40-24-28-53-56(35-40)49-17-7-8-18-50(49)62(53)45-23-22-41-34-55-43(32-46(41)33-45)25-29-54-61(39-13-3-2-4-14-39)51-19-9-10-20-52(51)63(54)55/h2-37,61-62H,1H3. The Morgan fingerprint density at radius 2 is 0.954 bits per heavy atom. The first kappa shape index (κ1) is 36.8.